The summed E-state index contributed by atoms with van der Waals surface area (Å²) in [6.45, 7) is 0. The van der Waals surface area contributed by atoms with Gasteiger partial charge in [-0.15, -0.1) is 0 Å². The van der Waals surface area contributed by atoms with Gasteiger partial charge in [-0.2, -0.15) is 0 Å². The number of hydrogen-bond donors (Lipinski definition) is 0. The van der Waals surface area contributed by atoms with Crippen molar-refractivity contribution in [1.29, 1.82) is 0 Å². The van der Waals surface area contributed by atoms with Crippen molar-refractivity contribution in [3.8, 4) is 5.75 Å². The molecule has 1 aliphatic carbocycles. The summed E-state index contributed by atoms with van der Waals surface area (Å²) in [5.74, 6) is 1.28. The highest BCUT2D eigenvalue weighted by Gasteiger charge is 2.25. The second kappa shape index (κ2) is 5.21. The molecule has 3 heteroatoms. The highest BCUT2D eigenvalue weighted by molar-refractivity contribution is 5.94. The van der Waals surface area contributed by atoms with Gasteiger partial charge in [0.2, 0.25) is 5.91 Å². The van der Waals surface area contributed by atoms with Gasteiger partial charge in [-0.1, -0.05) is 12.8 Å². The van der Waals surface area contributed by atoms with E-state index in [4.69, 9.17) is 4.74 Å². The molecule has 0 aliphatic heterocycles. The summed E-state index contributed by atoms with van der Waals surface area (Å²) in [5, 5.41) is 0. The van der Waals surface area contributed by atoms with E-state index in [-0.39, 0.29) is 11.8 Å². The van der Waals surface area contributed by atoms with Crippen LogP contribution in [0, 0.1) is 5.92 Å². The van der Waals surface area contributed by atoms with Gasteiger partial charge in [0.05, 0.1) is 7.11 Å². The minimum absolute atomic E-state index is 0.224. The SMILES string of the molecule is COc1ccc(N(C)C(=O)C2CCCC2)cc1. The number of amides is 1. The molecule has 17 heavy (non-hydrogen) atoms. The monoisotopic (exact) mass is 233 g/mol. The molecule has 3 nitrogen and oxygen atoms in total. The highest BCUT2D eigenvalue weighted by Crippen LogP contribution is 2.28. The van der Waals surface area contributed by atoms with Crippen LogP contribution in [0.1, 0.15) is 25.7 Å². The first-order chi connectivity index (χ1) is 8.22. The minimum atomic E-state index is 0.224. The first kappa shape index (κ1) is 12.0. The molecule has 1 aromatic rings. The summed E-state index contributed by atoms with van der Waals surface area (Å²) < 4.78 is 5.11. The Morgan fingerprint density at radius 1 is 1.24 bits per heavy atom. The molecule has 1 aromatic carbocycles. The Labute approximate surface area is 102 Å². The molecule has 2 rings (SSSR count). The lowest BCUT2D eigenvalue weighted by Gasteiger charge is -2.21. The molecule has 0 radical (unpaired) electrons. The summed E-state index contributed by atoms with van der Waals surface area (Å²) in [6, 6.07) is 7.61. The predicted molar refractivity (Wildman–Crippen MR) is 68.4 cm³/mol. The van der Waals surface area contributed by atoms with Gasteiger partial charge in [0.15, 0.2) is 0 Å². The van der Waals surface area contributed by atoms with Crippen LogP contribution < -0.4 is 9.64 Å². The van der Waals surface area contributed by atoms with E-state index in [0.29, 0.717) is 0 Å². The van der Waals surface area contributed by atoms with Crippen LogP contribution in [0.2, 0.25) is 0 Å². The fourth-order valence-corrected chi connectivity index (χ4v) is 2.38. The molecule has 1 amide bonds. The van der Waals surface area contributed by atoms with Gasteiger partial charge in [-0.3, -0.25) is 4.79 Å². The molecule has 0 spiro atoms. The topological polar surface area (TPSA) is 29.5 Å². The number of nitrogens with zero attached hydrogens (tertiary/aromatic N) is 1. The van der Waals surface area contributed by atoms with Crippen molar-refractivity contribution < 1.29 is 9.53 Å². The van der Waals surface area contributed by atoms with E-state index in [2.05, 4.69) is 0 Å². The number of rotatable bonds is 3. The van der Waals surface area contributed by atoms with Crippen LogP contribution in [0.5, 0.6) is 5.75 Å². The number of hydrogen-bond acceptors (Lipinski definition) is 2. The normalized spacial score (nSPS) is 15.9. The van der Waals surface area contributed by atoms with E-state index in [1.165, 1.54) is 12.8 Å². The van der Waals surface area contributed by atoms with E-state index in [9.17, 15) is 4.79 Å². The molecule has 0 saturated heterocycles. The van der Waals surface area contributed by atoms with Gasteiger partial charge in [0.1, 0.15) is 5.75 Å². The largest absolute Gasteiger partial charge is 0.497 e. The van der Waals surface area contributed by atoms with Gasteiger partial charge < -0.3 is 9.64 Å². The maximum atomic E-state index is 12.2. The zero-order valence-electron chi connectivity index (χ0n) is 10.5. The number of ether oxygens (including phenoxy) is 1. The molecule has 1 fully saturated rings. The van der Waals surface area contributed by atoms with Crippen molar-refractivity contribution in [3.63, 3.8) is 0 Å². The van der Waals surface area contributed by atoms with Crippen LogP contribution in [0.25, 0.3) is 0 Å². The number of carbonyl (C=O) groups excluding carboxylic acids is 1. The Kier molecular flexibility index (Phi) is 3.67. The third-order valence-corrected chi connectivity index (χ3v) is 3.49. The smallest absolute Gasteiger partial charge is 0.229 e. The van der Waals surface area contributed by atoms with Gasteiger partial charge in [0, 0.05) is 18.7 Å². The van der Waals surface area contributed by atoms with Gasteiger partial charge in [-0.05, 0) is 37.1 Å². The first-order valence-corrected chi connectivity index (χ1v) is 6.14. The Hall–Kier alpha value is -1.51. The second-order valence-corrected chi connectivity index (χ2v) is 4.58. The summed E-state index contributed by atoms with van der Waals surface area (Å²) in [4.78, 5) is 14.0. The third kappa shape index (κ3) is 2.60. The molecule has 1 saturated carbocycles. The average molecular weight is 233 g/mol. The molecule has 1 aliphatic rings. The molecular formula is C14H19NO2. The van der Waals surface area contributed by atoms with Crippen LogP contribution in [0.15, 0.2) is 24.3 Å². The Morgan fingerprint density at radius 3 is 2.35 bits per heavy atom. The lowest BCUT2D eigenvalue weighted by atomic mass is 10.1. The summed E-state index contributed by atoms with van der Waals surface area (Å²) in [7, 11) is 3.49. The maximum absolute atomic E-state index is 12.2. The molecule has 0 aromatic heterocycles. The third-order valence-electron chi connectivity index (χ3n) is 3.49. The highest BCUT2D eigenvalue weighted by atomic mass is 16.5. The quantitative estimate of drug-likeness (QED) is 0.803. The molecule has 0 heterocycles. The van der Waals surface area contributed by atoms with E-state index < -0.39 is 0 Å². The van der Waals surface area contributed by atoms with Crippen LogP contribution >= 0.6 is 0 Å². The molecule has 0 N–H and O–H groups in total. The van der Waals surface area contributed by atoms with Crippen LogP contribution in [-0.2, 0) is 4.79 Å². The molecular weight excluding hydrogens is 214 g/mol. The van der Waals surface area contributed by atoms with Crippen LogP contribution in [-0.4, -0.2) is 20.1 Å². The van der Waals surface area contributed by atoms with E-state index in [0.717, 1.165) is 24.3 Å². The lowest BCUT2D eigenvalue weighted by Crippen LogP contribution is -2.31. The maximum Gasteiger partial charge on any atom is 0.229 e. The van der Waals surface area contributed by atoms with Crippen LogP contribution in [0.3, 0.4) is 0 Å². The minimum Gasteiger partial charge on any atom is -0.497 e. The number of carbonyl (C=O) groups is 1. The predicted octanol–water partition coefficient (Wildman–Crippen LogP) is 2.85. The zero-order chi connectivity index (χ0) is 12.3. The number of benzene rings is 1. The zero-order valence-corrected chi connectivity index (χ0v) is 10.5. The molecule has 92 valence electrons. The Balaban J connectivity index is 2.07. The van der Waals surface area contributed by atoms with E-state index in [1.54, 1.807) is 12.0 Å². The van der Waals surface area contributed by atoms with Gasteiger partial charge in [0.25, 0.3) is 0 Å². The molecule has 0 bridgehead atoms. The summed E-state index contributed by atoms with van der Waals surface area (Å²) in [6.07, 6.45) is 4.46. The molecule has 0 unspecified atom stereocenters. The van der Waals surface area contributed by atoms with Crippen LogP contribution in [0.4, 0.5) is 5.69 Å². The Bertz CT molecular complexity index is 380. The molecule has 0 atom stereocenters. The Morgan fingerprint density at radius 2 is 1.82 bits per heavy atom. The second-order valence-electron chi connectivity index (χ2n) is 4.58. The van der Waals surface area contributed by atoms with E-state index in [1.807, 2.05) is 31.3 Å². The van der Waals surface area contributed by atoms with Gasteiger partial charge in [-0.25, -0.2) is 0 Å². The van der Waals surface area contributed by atoms with Crippen molar-refractivity contribution in [2.75, 3.05) is 19.1 Å². The standard InChI is InChI=1S/C14H19NO2/c1-15(14(16)11-5-3-4-6-11)12-7-9-13(17-2)10-8-12/h7-11H,3-6H2,1-2H3. The fourth-order valence-electron chi connectivity index (χ4n) is 2.38. The van der Waals surface area contributed by atoms with Crippen molar-refractivity contribution in [3.05, 3.63) is 24.3 Å². The summed E-state index contributed by atoms with van der Waals surface area (Å²) in [5.41, 5.74) is 0.933. The van der Waals surface area contributed by atoms with Gasteiger partial charge >= 0.3 is 0 Å². The number of methoxy groups -OCH3 is 1. The van der Waals surface area contributed by atoms with Crippen molar-refractivity contribution in [2.24, 2.45) is 5.92 Å². The first-order valence-electron chi connectivity index (χ1n) is 6.14. The fraction of sp³-hybridized carbons (Fsp3) is 0.500. The average Bonchev–Trinajstić information content (AvgIpc) is 2.91. The lowest BCUT2D eigenvalue weighted by molar-refractivity contribution is -0.121. The van der Waals surface area contributed by atoms with Crippen molar-refractivity contribution >= 4 is 11.6 Å². The van der Waals surface area contributed by atoms with Crippen molar-refractivity contribution in [1.82, 2.24) is 0 Å². The van der Waals surface area contributed by atoms with Crippen molar-refractivity contribution in [2.45, 2.75) is 25.7 Å². The summed E-state index contributed by atoms with van der Waals surface area (Å²) >= 11 is 0. The van der Waals surface area contributed by atoms with E-state index >= 15 is 0 Å². The number of anilines is 1.